The molecule has 1 fully saturated rings. The summed E-state index contributed by atoms with van der Waals surface area (Å²) in [7, 11) is -0.586. The molecule has 9 heteroatoms. The van der Waals surface area contributed by atoms with Crippen molar-refractivity contribution in [3.63, 3.8) is 0 Å². The highest BCUT2D eigenvalue weighted by Gasteiger charge is 2.29. The van der Waals surface area contributed by atoms with Crippen LogP contribution in [0.2, 0.25) is 0 Å². The molecule has 150 valence electrons. The Morgan fingerprint density at radius 1 is 1.18 bits per heavy atom. The van der Waals surface area contributed by atoms with Crippen molar-refractivity contribution in [1.29, 1.82) is 0 Å². The van der Waals surface area contributed by atoms with Gasteiger partial charge in [0.1, 0.15) is 5.75 Å². The molecule has 7 nitrogen and oxygen atoms in total. The van der Waals surface area contributed by atoms with Crippen molar-refractivity contribution in [1.82, 2.24) is 4.31 Å². The van der Waals surface area contributed by atoms with Crippen LogP contribution in [0, 0.1) is 0 Å². The standard InChI is InChI=1S/C19H21BrN2O5S/c1-21(16-5-3-4-6-17(16)26-2)19(23)14-7-8-15(20)18(13-14)28(24,25)22-9-11-27-12-10-22/h3-8,13H,9-12H2,1-2H3. The average Bonchev–Trinajstić information content (AvgIpc) is 2.73. The molecule has 3 rings (SSSR count). The minimum atomic E-state index is -3.74. The Bertz CT molecular complexity index is 974. The molecule has 0 bridgehead atoms. The van der Waals surface area contributed by atoms with Gasteiger partial charge in [-0.05, 0) is 46.3 Å². The van der Waals surface area contributed by atoms with E-state index in [0.717, 1.165) is 0 Å². The number of rotatable bonds is 5. The zero-order chi connectivity index (χ0) is 20.3. The number of morpholine rings is 1. The van der Waals surface area contributed by atoms with Gasteiger partial charge in [-0.15, -0.1) is 0 Å². The number of carbonyl (C=O) groups is 1. The molecule has 0 saturated carbocycles. The van der Waals surface area contributed by atoms with Gasteiger partial charge in [0.05, 0.1) is 30.9 Å². The van der Waals surface area contributed by atoms with Gasteiger partial charge in [-0.1, -0.05) is 12.1 Å². The van der Waals surface area contributed by atoms with E-state index < -0.39 is 10.0 Å². The fourth-order valence-electron chi connectivity index (χ4n) is 2.97. The van der Waals surface area contributed by atoms with Crippen molar-refractivity contribution < 1.29 is 22.7 Å². The number of halogens is 1. The van der Waals surface area contributed by atoms with Crippen LogP contribution in [0.15, 0.2) is 51.8 Å². The number of hydrogen-bond acceptors (Lipinski definition) is 5. The summed E-state index contributed by atoms with van der Waals surface area (Å²) in [5.41, 5.74) is 0.860. The zero-order valence-electron chi connectivity index (χ0n) is 15.6. The van der Waals surface area contributed by atoms with Gasteiger partial charge < -0.3 is 14.4 Å². The number of amides is 1. The molecule has 2 aromatic carbocycles. The highest BCUT2D eigenvalue weighted by Crippen LogP contribution is 2.30. The second-order valence-corrected chi connectivity index (χ2v) is 8.96. The molecule has 0 spiro atoms. The van der Waals surface area contributed by atoms with Crippen molar-refractivity contribution in [2.75, 3.05) is 45.4 Å². The molecule has 0 N–H and O–H groups in total. The number of para-hydroxylation sites is 2. The maximum atomic E-state index is 13.0. The topological polar surface area (TPSA) is 76.2 Å². The molecule has 1 amide bonds. The van der Waals surface area contributed by atoms with Crippen LogP contribution in [0.1, 0.15) is 10.4 Å². The number of methoxy groups -OCH3 is 1. The Labute approximate surface area is 173 Å². The Kier molecular flexibility index (Phi) is 6.39. The summed E-state index contributed by atoms with van der Waals surface area (Å²) >= 11 is 3.30. The second-order valence-electron chi connectivity index (χ2n) is 6.20. The van der Waals surface area contributed by atoms with Crippen molar-refractivity contribution in [2.45, 2.75) is 4.90 Å². The molecule has 0 radical (unpaired) electrons. The van der Waals surface area contributed by atoms with Crippen molar-refractivity contribution >= 4 is 37.5 Å². The average molecular weight is 469 g/mol. The minimum Gasteiger partial charge on any atom is -0.495 e. The molecule has 28 heavy (non-hydrogen) atoms. The van der Waals surface area contributed by atoms with Gasteiger partial charge in [0.25, 0.3) is 5.91 Å². The Balaban J connectivity index is 1.95. The molecule has 0 unspecified atom stereocenters. The molecule has 0 aromatic heterocycles. The summed E-state index contributed by atoms with van der Waals surface area (Å²) in [4.78, 5) is 14.5. The Morgan fingerprint density at radius 3 is 2.54 bits per heavy atom. The smallest absolute Gasteiger partial charge is 0.258 e. The lowest BCUT2D eigenvalue weighted by molar-refractivity contribution is 0.0730. The summed E-state index contributed by atoms with van der Waals surface area (Å²) in [6.45, 7) is 1.28. The van der Waals surface area contributed by atoms with E-state index in [1.54, 1.807) is 37.4 Å². The molecule has 1 aliphatic heterocycles. The van der Waals surface area contributed by atoms with Gasteiger partial charge in [-0.3, -0.25) is 4.79 Å². The van der Waals surface area contributed by atoms with Crippen LogP contribution in [0.5, 0.6) is 5.75 Å². The molecule has 1 aliphatic rings. The Hall–Kier alpha value is -1.94. The molecule has 0 atom stereocenters. The molecular formula is C19H21BrN2O5S. The van der Waals surface area contributed by atoms with Gasteiger partial charge in [-0.25, -0.2) is 8.42 Å². The second kappa shape index (κ2) is 8.60. The summed E-state index contributed by atoms with van der Waals surface area (Å²) in [6.07, 6.45) is 0. The van der Waals surface area contributed by atoms with Gasteiger partial charge >= 0.3 is 0 Å². The van der Waals surface area contributed by atoms with Crippen LogP contribution in [0.3, 0.4) is 0 Å². The largest absolute Gasteiger partial charge is 0.495 e. The number of ether oxygens (including phenoxy) is 2. The fourth-order valence-corrected chi connectivity index (χ4v) is 5.33. The first-order chi connectivity index (χ1) is 13.4. The van der Waals surface area contributed by atoms with Crippen LogP contribution in [-0.2, 0) is 14.8 Å². The maximum absolute atomic E-state index is 13.0. The first kappa shape index (κ1) is 20.8. The van der Waals surface area contributed by atoms with Crippen LogP contribution in [0.25, 0.3) is 0 Å². The van der Waals surface area contributed by atoms with E-state index in [2.05, 4.69) is 15.9 Å². The van der Waals surface area contributed by atoms with E-state index >= 15 is 0 Å². The summed E-state index contributed by atoms with van der Waals surface area (Å²) in [6, 6.07) is 11.7. The summed E-state index contributed by atoms with van der Waals surface area (Å²) in [5.74, 6) is 0.215. The Morgan fingerprint density at radius 2 is 1.86 bits per heavy atom. The predicted octanol–water partition coefficient (Wildman–Crippen LogP) is 2.76. The highest BCUT2D eigenvalue weighted by molar-refractivity contribution is 9.10. The normalized spacial score (nSPS) is 15.2. The molecule has 1 saturated heterocycles. The summed E-state index contributed by atoms with van der Waals surface area (Å²) in [5, 5.41) is 0. The lowest BCUT2D eigenvalue weighted by atomic mass is 10.2. The van der Waals surface area contributed by atoms with E-state index in [0.29, 0.717) is 29.1 Å². The molecule has 2 aromatic rings. The van der Waals surface area contributed by atoms with Gasteiger partial charge in [0, 0.05) is 30.2 Å². The van der Waals surface area contributed by atoms with Crippen LogP contribution < -0.4 is 9.64 Å². The minimum absolute atomic E-state index is 0.0636. The monoisotopic (exact) mass is 468 g/mol. The zero-order valence-corrected chi connectivity index (χ0v) is 18.0. The quantitative estimate of drug-likeness (QED) is 0.674. The summed E-state index contributed by atoms with van der Waals surface area (Å²) < 4.78 is 38.4. The first-order valence-electron chi connectivity index (χ1n) is 8.65. The lowest BCUT2D eigenvalue weighted by Gasteiger charge is -2.27. The van der Waals surface area contributed by atoms with Crippen molar-refractivity contribution in [3.05, 3.63) is 52.5 Å². The molecule has 0 aliphatic carbocycles. The third-order valence-electron chi connectivity index (χ3n) is 4.52. The van der Waals surface area contributed by atoms with Crippen LogP contribution >= 0.6 is 15.9 Å². The molecule has 1 heterocycles. The SMILES string of the molecule is COc1ccccc1N(C)C(=O)c1ccc(Br)c(S(=O)(=O)N2CCOCC2)c1. The fraction of sp³-hybridized carbons (Fsp3) is 0.316. The number of hydrogen-bond donors (Lipinski definition) is 0. The van der Waals surface area contributed by atoms with E-state index in [1.807, 2.05) is 6.07 Å². The number of benzene rings is 2. The number of anilines is 1. The third kappa shape index (κ3) is 4.07. The number of sulfonamides is 1. The van der Waals surface area contributed by atoms with E-state index in [4.69, 9.17) is 9.47 Å². The third-order valence-corrected chi connectivity index (χ3v) is 7.41. The van der Waals surface area contributed by atoms with Crippen LogP contribution in [0.4, 0.5) is 5.69 Å². The van der Waals surface area contributed by atoms with Crippen LogP contribution in [-0.4, -0.2) is 59.1 Å². The maximum Gasteiger partial charge on any atom is 0.258 e. The van der Waals surface area contributed by atoms with E-state index in [-0.39, 0.29) is 29.5 Å². The van der Waals surface area contributed by atoms with Gasteiger partial charge in [0.15, 0.2) is 0 Å². The number of nitrogens with zero attached hydrogens (tertiary/aromatic N) is 2. The first-order valence-corrected chi connectivity index (χ1v) is 10.9. The number of carbonyl (C=O) groups excluding carboxylic acids is 1. The lowest BCUT2D eigenvalue weighted by Crippen LogP contribution is -2.40. The van der Waals surface area contributed by atoms with Gasteiger partial charge in [-0.2, -0.15) is 4.31 Å². The van der Waals surface area contributed by atoms with E-state index in [9.17, 15) is 13.2 Å². The van der Waals surface area contributed by atoms with E-state index in [1.165, 1.54) is 22.4 Å². The molecular weight excluding hydrogens is 448 g/mol. The highest BCUT2D eigenvalue weighted by atomic mass is 79.9. The van der Waals surface area contributed by atoms with Gasteiger partial charge in [0.2, 0.25) is 10.0 Å². The van der Waals surface area contributed by atoms with Crippen molar-refractivity contribution in [2.24, 2.45) is 0 Å². The van der Waals surface area contributed by atoms with Crippen molar-refractivity contribution in [3.8, 4) is 5.75 Å². The predicted molar refractivity (Wildman–Crippen MR) is 109 cm³/mol.